The second kappa shape index (κ2) is 8.41. The second-order valence-electron chi connectivity index (χ2n) is 6.37. The summed E-state index contributed by atoms with van der Waals surface area (Å²) in [7, 11) is 0. The van der Waals surface area contributed by atoms with Crippen molar-refractivity contribution in [2.45, 2.75) is 32.2 Å². The maximum absolute atomic E-state index is 12.5. The minimum atomic E-state index is -0.840. The van der Waals surface area contributed by atoms with Crippen molar-refractivity contribution in [2.75, 3.05) is 13.1 Å². The number of nitro groups is 1. The molecule has 0 radical (unpaired) electrons. The topological polar surface area (TPSA) is 130 Å². The number of hydrogen-bond acceptors (Lipinski definition) is 5. The van der Waals surface area contributed by atoms with Crippen LogP contribution in [-0.4, -0.2) is 51.8 Å². The molecule has 2 N–H and O–H groups in total. The normalized spacial score (nSPS) is 16.0. The van der Waals surface area contributed by atoms with Gasteiger partial charge in [-0.15, -0.1) is 0 Å². The summed E-state index contributed by atoms with van der Waals surface area (Å²) in [5.74, 6) is -1.59. The van der Waals surface area contributed by atoms with Gasteiger partial charge in [0.25, 0.3) is 11.6 Å². The predicted molar refractivity (Wildman–Crippen MR) is 91.6 cm³/mol. The fraction of sp³-hybridized carbons (Fsp3) is 0.471. The molecule has 1 atom stereocenters. The van der Waals surface area contributed by atoms with E-state index in [1.807, 2.05) is 0 Å². The van der Waals surface area contributed by atoms with Crippen molar-refractivity contribution < 1.29 is 24.4 Å². The second-order valence-corrected chi connectivity index (χ2v) is 6.37. The summed E-state index contributed by atoms with van der Waals surface area (Å²) >= 11 is 0. The van der Waals surface area contributed by atoms with Crippen LogP contribution in [-0.2, 0) is 9.59 Å². The number of likely N-dealkylation sites (tertiary alicyclic amines) is 1. The summed E-state index contributed by atoms with van der Waals surface area (Å²) in [4.78, 5) is 47.2. The molecule has 1 fully saturated rings. The number of amides is 2. The molecule has 1 aromatic carbocycles. The molecule has 140 valence electrons. The summed E-state index contributed by atoms with van der Waals surface area (Å²) in [6.45, 7) is 2.46. The minimum Gasteiger partial charge on any atom is -0.481 e. The average Bonchev–Trinajstić information content (AvgIpc) is 2.61. The van der Waals surface area contributed by atoms with Gasteiger partial charge in [0.1, 0.15) is 6.04 Å². The zero-order chi connectivity index (χ0) is 19.3. The summed E-state index contributed by atoms with van der Waals surface area (Å²) in [5.41, 5.74) is -0.0869. The fourth-order valence-electron chi connectivity index (χ4n) is 2.98. The fourth-order valence-corrected chi connectivity index (χ4v) is 2.98. The molecule has 0 aromatic heterocycles. The molecular weight excluding hydrogens is 342 g/mol. The monoisotopic (exact) mass is 363 g/mol. The van der Waals surface area contributed by atoms with Gasteiger partial charge < -0.3 is 15.3 Å². The summed E-state index contributed by atoms with van der Waals surface area (Å²) < 4.78 is 0. The van der Waals surface area contributed by atoms with Crippen LogP contribution < -0.4 is 5.32 Å². The van der Waals surface area contributed by atoms with Crippen LogP contribution in [0.25, 0.3) is 0 Å². The molecule has 0 aliphatic carbocycles. The first kappa shape index (κ1) is 19.4. The maximum atomic E-state index is 12.5. The third kappa shape index (κ3) is 5.01. The molecule has 9 heteroatoms. The summed E-state index contributed by atoms with van der Waals surface area (Å²) in [5, 5.41) is 22.2. The van der Waals surface area contributed by atoms with Crippen LogP contribution in [0.5, 0.6) is 0 Å². The van der Waals surface area contributed by atoms with Gasteiger partial charge in [0.2, 0.25) is 5.91 Å². The van der Waals surface area contributed by atoms with E-state index in [0.717, 1.165) is 6.07 Å². The number of carboxylic acid groups (broad SMARTS) is 1. The van der Waals surface area contributed by atoms with Crippen molar-refractivity contribution in [2.24, 2.45) is 5.92 Å². The van der Waals surface area contributed by atoms with Gasteiger partial charge in [0, 0.05) is 37.2 Å². The number of carbonyl (C=O) groups is 3. The number of nitrogens with one attached hydrogen (secondary N) is 1. The standard InChI is InChI=1S/C17H21N3O6/c1-11(17(24)19-7-5-12(6-8-19)9-15(21)22)18-16(23)13-3-2-4-14(10-13)20(25)26/h2-4,10-12H,5-9H2,1H3,(H,18,23)(H,21,22). The van der Waals surface area contributed by atoms with Crippen molar-refractivity contribution in [1.82, 2.24) is 10.2 Å². The van der Waals surface area contributed by atoms with Gasteiger partial charge in [-0.1, -0.05) is 6.07 Å². The third-order valence-electron chi connectivity index (χ3n) is 4.43. The van der Waals surface area contributed by atoms with E-state index in [1.54, 1.807) is 11.8 Å². The molecule has 26 heavy (non-hydrogen) atoms. The van der Waals surface area contributed by atoms with E-state index in [9.17, 15) is 24.5 Å². The first-order chi connectivity index (χ1) is 12.3. The number of nitrogens with zero attached hydrogens (tertiary/aromatic N) is 2. The highest BCUT2D eigenvalue weighted by atomic mass is 16.6. The Morgan fingerprint density at radius 1 is 1.35 bits per heavy atom. The zero-order valence-electron chi connectivity index (χ0n) is 14.4. The first-order valence-electron chi connectivity index (χ1n) is 8.34. The van der Waals surface area contributed by atoms with Gasteiger partial charge in [0.05, 0.1) is 4.92 Å². The average molecular weight is 363 g/mol. The van der Waals surface area contributed by atoms with E-state index >= 15 is 0 Å². The largest absolute Gasteiger partial charge is 0.481 e. The number of non-ortho nitro benzene ring substituents is 1. The van der Waals surface area contributed by atoms with Crippen LogP contribution in [0.15, 0.2) is 24.3 Å². The van der Waals surface area contributed by atoms with Gasteiger partial charge in [-0.05, 0) is 31.7 Å². The molecule has 0 saturated carbocycles. The summed E-state index contributed by atoms with van der Waals surface area (Å²) in [6, 6.07) is 4.51. The Kier molecular flexibility index (Phi) is 6.26. The van der Waals surface area contributed by atoms with Gasteiger partial charge >= 0.3 is 5.97 Å². The molecule has 1 aliphatic heterocycles. The number of benzene rings is 1. The minimum absolute atomic E-state index is 0.0614. The highest BCUT2D eigenvalue weighted by Crippen LogP contribution is 2.21. The molecule has 0 bridgehead atoms. The Labute approximate surface area is 150 Å². The Morgan fingerprint density at radius 3 is 2.58 bits per heavy atom. The van der Waals surface area contributed by atoms with Gasteiger partial charge in [0.15, 0.2) is 0 Å². The van der Waals surface area contributed by atoms with Crippen LogP contribution in [0, 0.1) is 16.0 Å². The van der Waals surface area contributed by atoms with E-state index in [2.05, 4.69) is 5.32 Å². The van der Waals surface area contributed by atoms with Crippen molar-refractivity contribution >= 4 is 23.5 Å². The van der Waals surface area contributed by atoms with Crippen molar-refractivity contribution in [3.05, 3.63) is 39.9 Å². The number of carboxylic acids is 1. The molecule has 2 amide bonds. The Balaban J connectivity index is 1.91. The lowest BCUT2D eigenvalue weighted by atomic mass is 9.93. The van der Waals surface area contributed by atoms with Crippen LogP contribution in [0.2, 0.25) is 0 Å². The Bertz CT molecular complexity index is 712. The predicted octanol–water partition coefficient (Wildman–Crippen LogP) is 1.43. The molecule has 1 heterocycles. The van der Waals surface area contributed by atoms with Gasteiger partial charge in [-0.25, -0.2) is 0 Å². The lowest BCUT2D eigenvalue weighted by Crippen LogP contribution is -2.49. The lowest BCUT2D eigenvalue weighted by Gasteiger charge is -2.33. The van der Waals surface area contributed by atoms with Gasteiger partial charge in [-0.3, -0.25) is 24.5 Å². The molecule has 9 nitrogen and oxygen atoms in total. The van der Waals surface area contributed by atoms with Crippen LogP contribution in [0.1, 0.15) is 36.5 Å². The van der Waals surface area contributed by atoms with Crippen molar-refractivity contribution in [3.8, 4) is 0 Å². The summed E-state index contributed by atoms with van der Waals surface area (Å²) in [6.07, 6.45) is 1.33. The molecule has 1 aliphatic rings. The smallest absolute Gasteiger partial charge is 0.303 e. The van der Waals surface area contributed by atoms with E-state index in [0.29, 0.717) is 25.9 Å². The molecule has 0 spiro atoms. The molecule has 2 rings (SSSR count). The Hall–Kier alpha value is -2.97. The number of nitro benzene ring substituents is 1. The Morgan fingerprint density at radius 2 is 2.00 bits per heavy atom. The number of rotatable bonds is 6. The van der Waals surface area contributed by atoms with Crippen molar-refractivity contribution in [3.63, 3.8) is 0 Å². The van der Waals surface area contributed by atoms with E-state index in [1.165, 1.54) is 18.2 Å². The van der Waals surface area contributed by atoms with Crippen molar-refractivity contribution in [1.29, 1.82) is 0 Å². The number of carbonyl (C=O) groups excluding carboxylic acids is 2. The molecular formula is C17H21N3O6. The number of piperidine rings is 1. The van der Waals surface area contributed by atoms with Crippen LogP contribution >= 0.6 is 0 Å². The number of hydrogen-bond donors (Lipinski definition) is 2. The third-order valence-corrected chi connectivity index (χ3v) is 4.43. The highest BCUT2D eigenvalue weighted by molar-refractivity contribution is 5.97. The molecule has 1 saturated heterocycles. The first-order valence-corrected chi connectivity index (χ1v) is 8.34. The molecule has 1 unspecified atom stereocenters. The quantitative estimate of drug-likeness (QED) is 0.581. The van der Waals surface area contributed by atoms with Crippen LogP contribution in [0.3, 0.4) is 0 Å². The van der Waals surface area contributed by atoms with Gasteiger partial charge in [-0.2, -0.15) is 0 Å². The SMILES string of the molecule is CC(NC(=O)c1cccc([N+](=O)[O-])c1)C(=O)N1CCC(CC(=O)O)CC1. The van der Waals surface area contributed by atoms with Crippen LogP contribution in [0.4, 0.5) is 5.69 Å². The highest BCUT2D eigenvalue weighted by Gasteiger charge is 2.28. The lowest BCUT2D eigenvalue weighted by molar-refractivity contribution is -0.384. The number of aliphatic carboxylic acids is 1. The zero-order valence-corrected chi connectivity index (χ0v) is 14.4. The van der Waals surface area contributed by atoms with E-state index in [-0.39, 0.29) is 29.5 Å². The molecule has 1 aromatic rings. The van der Waals surface area contributed by atoms with E-state index in [4.69, 9.17) is 5.11 Å². The maximum Gasteiger partial charge on any atom is 0.303 e. The van der Waals surface area contributed by atoms with E-state index < -0.39 is 22.8 Å².